The molecular formula is C28H32N4O2. The van der Waals surface area contributed by atoms with Crippen LogP contribution in [0.5, 0.6) is 0 Å². The molecule has 3 heterocycles. The molecule has 6 nitrogen and oxygen atoms in total. The van der Waals surface area contributed by atoms with Crippen LogP contribution in [0.3, 0.4) is 0 Å². The second-order valence-corrected chi connectivity index (χ2v) is 9.37. The zero-order valence-corrected chi connectivity index (χ0v) is 20.1. The van der Waals surface area contributed by atoms with Gasteiger partial charge >= 0.3 is 0 Å². The van der Waals surface area contributed by atoms with Crippen LogP contribution in [0.2, 0.25) is 0 Å². The lowest BCUT2D eigenvalue weighted by molar-refractivity contribution is -0.137. The number of likely N-dealkylation sites (tertiary alicyclic amines) is 1. The standard InChI is InChI=1S/C28H32N4O2/c1-3-23-24(4-2)30-26-17-21(9-10-25(26)29-23)28(34)31-14-12-20(13-15-31)27(33)32-16-11-19-7-5-6-8-22(19)18-32/h5-10,17,20H,3-4,11-16,18H2,1-2H3. The number of amides is 2. The number of rotatable bonds is 4. The Hall–Kier alpha value is -3.28. The first-order valence-electron chi connectivity index (χ1n) is 12.5. The van der Waals surface area contributed by atoms with Gasteiger partial charge in [-0.05, 0) is 61.4 Å². The zero-order chi connectivity index (χ0) is 23.7. The summed E-state index contributed by atoms with van der Waals surface area (Å²) in [6, 6.07) is 14.0. The van der Waals surface area contributed by atoms with Crippen molar-refractivity contribution in [2.45, 2.75) is 52.5 Å². The molecule has 3 aromatic rings. The number of piperidine rings is 1. The smallest absolute Gasteiger partial charge is 0.253 e. The number of fused-ring (bicyclic) bond motifs is 2. The van der Waals surface area contributed by atoms with Gasteiger partial charge in [0.15, 0.2) is 0 Å². The van der Waals surface area contributed by atoms with Gasteiger partial charge in [-0.2, -0.15) is 0 Å². The van der Waals surface area contributed by atoms with E-state index in [1.807, 2.05) is 34.1 Å². The quantitative estimate of drug-likeness (QED) is 0.590. The molecule has 0 spiro atoms. The minimum atomic E-state index is -0.00337. The van der Waals surface area contributed by atoms with E-state index in [0.717, 1.165) is 61.1 Å². The molecule has 1 saturated heterocycles. The van der Waals surface area contributed by atoms with Crippen LogP contribution in [-0.2, 0) is 30.6 Å². The van der Waals surface area contributed by atoms with Crippen LogP contribution in [-0.4, -0.2) is 51.2 Å². The Morgan fingerprint density at radius 2 is 1.53 bits per heavy atom. The number of carbonyl (C=O) groups is 2. The molecule has 2 aromatic carbocycles. The fraction of sp³-hybridized carbons (Fsp3) is 0.429. The zero-order valence-electron chi connectivity index (χ0n) is 20.1. The number of benzene rings is 2. The predicted molar refractivity (Wildman–Crippen MR) is 132 cm³/mol. The van der Waals surface area contributed by atoms with Gasteiger partial charge in [-0.1, -0.05) is 38.1 Å². The van der Waals surface area contributed by atoms with Gasteiger partial charge in [0.2, 0.25) is 5.91 Å². The minimum absolute atomic E-state index is 0.00337. The van der Waals surface area contributed by atoms with Crippen molar-refractivity contribution in [3.8, 4) is 0 Å². The fourth-order valence-electron chi connectivity index (χ4n) is 5.28. The van der Waals surface area contributed by atoms with E-state index in [9.17, 15) is 9.59 Å². The van der Waals surface area contributed by atoms with E-state index >= 15 is 0 Å². The molecule has 0 aliphatic carbocycles. The monoisotopic (exact) mass is 456 g/mol. The van der Waals surface area contributed by atoms with Crippen molar-refractivity contribution >= 4 is 22.8 Å². The Balaban J connectivity index is 1.23. The summed E-state index contributed by atoms with van der Waals surface area (Å²) in [7, 11) is 0. The Bertz CT molecular complexity index is 1230. The second-order valence-electron chi connectivity index (χ2n) is 9.37. The Morgan fingerprint density at radius 3 is 2.24 bits per heavy atom. The molecular weight excluding hydrogens is 424 g/mol. The highest BCUT2D eigenvalue weighted by Crippen LogP contribution is 2.26. The number of carbonyl (C=O) groups excluding carboxylic acids is 2. The van der Waals surface area contributed by atoms with E-state index in [-0.39, 0.29) is 17.7 Å². The third-order valence-electron chi connectivity index (χ3n) is 7.31. The summed E-state index contributed by atoms with van der Waals surface area (Å²) in [5.74, 6) is 0.247. The number of hydrogen-bond acceptors (Lipinski definition) is 4. The molecule has 2 amide bonds. The molecule has 34 heavy (non-hydrogen) atoms. The second kappa shape index (κ2) is 9.53. The molecule has 176 valence electrons. The van der Waals surface area contributed by atoms with Crippen LogP contribution in [0, 0.1) is 5.92 Å². The van der Waals surface area contributed by atoms with Gasteiger partial charge < -0.3 is 9.80 Å². The highest BCUT2D eigenvalue weighted by atomic mass is 16.2. The highest BCUT2D eigenvalue weighted by Gasteiger charge is 2.32. The summed E-state index contributed by atoms with van der Waals surface area (Å²) in [6.07, 6.45) is 4.04. The van der Waals surface area contributed by atoms with Crippen LogP contribution >= 0.6 is 0 Å². The first-order valence-corrected chi connectivity index (χ1v) is 12.5. The van der Waals surface area contributed by atoms with Crippen molar-refractivity contribution in [3.63, 3.8) is 0 Å². The third-order valence-corrected chi connectivity index (χ3v) is 7.31. The molecule has 0 unspecified atom stereocenters. The fourth-order valence-corrected chi connectivity index (χ4v) is 5.28. The van der Waals surface area contributed by atoms with Crippen molar-refractivity contribution in [1.82, 2.24) is 19.8 Å². The molecule has 2 aliphatic rings. The van der Waals surface area contributed by atoms with Crippen LogP contribution in [0.15, 0.2) is 42.5 Å². The van der Waals surface area contributed by atoms with Gasteiger partial charge in [-0.15, -0.1) is 0 Å². The number of aromatic nitrogens is 2. The molecule has 6 heteroatoms. The summed E-state index contributed by atoms with van der Waals surface area (Å²) >= 11 is 0. The Kier molecular flexibility index (Phi) is 6.31. The van der Waals surface area contributed by atoms with E-state index < -0.39 is 0 Å². The summed E-state index contributed by atoms with van der Waals surface area (Å²) in [6.45, 7) is 6.87. The number of hydrogen-bond donors (Lipinski definition) is 0. The maximum atomic E-state index is 13.2. The van der Waals surface area contributed by atoms with Gasteiger partial charge in [-0.3, -0.25) is 9.59 Å². The first kappa shape index (κ1) is 22.5. The Morgan fingerprint density at radius 1 is 0.853 bits per heavy atom. The van der Waals surface area contributed by atoms with Crippen LogP contribution < -0.4 is 0 Å². The Labute approximate surface area is 201 Å². The van der Waals surface area contributed by atoms with Crippen molar-refractivity contribution in [2.75, 3.05) is 19.6 Å². The maximum Gasteiger partial charge on any atom is 0.253 e. The minimum Gasteiger partial charge on any atom is -0.339 e. The summed E-state index contributed by atoms with van der Waals surface area (Å²) in [5.41, 5.74) is 6.88. The summed E-state index contributed by atoms with van der Waals surface area (Å²) in [5, 5.41) is 0. The number of aryl methyl sites for hydroxylation is 2. The lowest BCUT2D eigenvalue weighted by atomic mass is 9.92. The van der Waals surface area contributed by atoms with E-state index in [0.29, 0.717) is 25.2 Å². The van der Waals surface area contributed by atoms with Gasteiger partial charge in [0, 0.05) is 37.7 Å². The lowest BCUT2D eigenvalue weighted by Crippen LogP contribution is -2.45. The molecule has 0 atom stereocenters. The van der Waals surface area contributed by atoms with E-state index in [1.54, 1.807) is 0 Å². The molecule has 2 aliphatic heterocycles. The largest absolute Gasteiger partial charge is 0.339 e. The van der Waals surface area contributed by atoms with E-state index in [4.69, 9.17) is 9.97 Å². The predicted octanol–water partition coefficient (Wildman–Crippen LogP) is 4.19. The molecule has 0 radical (unpaired) electrons. The average Bonchev–Trinajstić information content (AvgIpc) is 2.90. The van der Waals surface area contributed by atoms with Crippen molar-refractivity contribution in [2.24, 2.45) is 5.92 Å². The van der Waals surface area contributed by atoms with E-state index in [1.165, 1.54) is 11.1 Å². The molecule has 5 rings (SSSR count). The van der Waals surface area contributed by atoms with Gasteiger partial charge in [0.1, 0.15) is 0 Å². The van der Waals surface area contributed by atoms with Gasteiger partial charge in [-0.25, -0.2) is 9.97 Å². The summed E-state index contributed by atoms with van der Waals surface area (Å²) in [4.78, 5) is 39.8. The topological polar surface area (TPSA) is 66.4 Å². The van der Waals surface area contributed by atoms with Gasteiger partial charge in [0.25, 0.3) is 5.91 Å². The average molecular weight is 457 g/mol. The van der Waals surface area contributed by atoms with Crippen LogP contribution in [0.4, 0.5) is 0 Å². The summed E-state index contributed by atoms with van der Waals surface area (Å²) < 4.78 is 0. The van der Waals surface area contributed by atoms with Crippen molar-refractivity contribution < 1.29 is 9.59 Å². The number of nitrogens with zero attached hydrogens (tertiary/aromatic N) is 4. The normalized spacial score (nSPS) is 16.5. The first-order chi connectivity index (χ1) is 16.6. The molecule has 0 N–H and O–H groups in total. The molecule has 1 aromatic heterocycles. The van der Waals surface area contributed by atoms with Gasteiger partial charge in [0.05, 0.1) is 22.4 Å². The highest BCUT2D eigenvalue weighted by molar-refractivity contribution is 5.97. The van der Waals surface area contributed by atoms with Crippen LogP contribution in [0.1, 0.15) is 59.6 Å². The molecule has 1 fully saturated rings. The van der Waals surface area contributed by atoms with E-state index in [2.05, 4.69) is 32.0 Å². The maximum absolute atomic E-state index is 13.2. The lowest BCUT2D eigenvalue weighted by Gasteiger charge is -2.36. The van der Waals surface area contributed by atoms with Crippen LogP contribution in [0.25, 0.3) is 11.0 Å². The molecule has 0 saturated carbocycles. The molecule has 0 bridgehead atoms. The third kappa shape index (κ3) is 4.29. The van der Waals surface area contributed by atoms with Crippen molar-refractivity contribution in [1.29, 1.82) is 0 Å². The SMILES string of the molecule is CCc1nc2ccc(C(=O)N3CCC(C(=O)N4CCc5ccccc5C4)CC3)cc2nc1CC. The van der Waals surface area contributed by atoms with Crippen molar-refractivity contribution in [3.05, 3.63) is 70.5 Å².